The largest absolute Gasteiger partial charge is 0.490 e. The number of rotatable bonds is 7. The lowest BCUT2D eigenvalue weighted by Gasteiger charge is -2.42. The third-order valence-corrected chi connectivity index (χ3v) is 7.07. The molecular formula is C25H31N3O5S. The van der Waals surface area contributed by atoms with Crippen molar-refractivity contribution in [1.82, 2.24) is 10.2 Å². The highest BCUT2D eigenvalue weighted by Crippen LogP contribution is 2.32. The second kappa shape index (κ2) is 11.0. The van der Waals surface area contributed by atoms with E-state index in [1.807, 2.05) is 24.4 Å². The van der Waals surface area contributed by atoms with Crippen molar-refractivity contribution >= 4 is 34.7 Å². The first-order valence-electron chi connectivity index (χ1n) is 11.7. The fourth-order valence-corrected chi connectivity index (χ4v) is 5.13. The van der Waals surface area contributed by atoms with Gasteiger partial charge in [0.2, 0.25) is 11.8 Å². The number of hydrogen-bond donors (Lipinski definition) is 2. The van der Waals surface area contributed by atoms with Gasteiger partial charge in [-0.1, -0.05) is 13.0 Å². The van der Waals surface area contributed by atoms with E-state index in [1.54, 1.807) is 30.1 Å². The summed E-state index contributed by atoms with van der Waals surface area (Å²) in [6.07, 6.45) is 2.42. The number of carbonyl (C=O) groups excluding carboxylic acids is 3. The molecule has 2 aliphatic heterocycles. The molecule has 0 unspecified atom stereocenters. The Kier molecular flexibility index (Phi) is 7.84. The van der Waals surface area contributed by atoms with Crippen LogP contribution in [0.15, 0.2) is 35.7 Å². The van der Waals surface area contributed by atoms with Crippen LogP contribution < -0.4 is 15.4 Å². The van der Waals surface area contributed by atoms with Gasteiger partial charge >= 0.3 is 0 Å². The van der Waals surface area contributed by atoms with Gasteiger partial charge in [-0.05, 0) is 48.9 Å². The number of carbonyl (C=O) groups is 3. The first kappa shape index (κ1) is 24.2. The lowest BCUT2D eigenvalue weighted by atomic mass is 9.94. The fourth-order valence-electron chi connectivity index (χ4n) is 4.43. The van der Waals surface area contributed by atoms with Crippen LogP contribution in [-0.2, 0) is 20.7 Å². The van der Waals surface area contributed by atoms with Crippen LogP contribution >= 0.6 is 11.3 Å². The number of anilines is 1. The number of likely N-dealkylation sites (N-methyl/N-ethyl adjacent to an activating group) is 1. The maximum Gasteiger partial charge on any atom is 0.257 e. The maximum atomic E-state index is 13.3. The summed E-state index contributed by atoms with van der Waals surface area (Å²) in [7, 11) is 1.77. The zero-order valence-corrected chi connectivity index (χ0v) is 20.4. The van der Waals surface area contributed by atoms with Crippen molar-refractivity contribution < 1.29 is 23.9 Å². The van der Waals surface area contributed by atoms with E-state index in [4.69, 9.17) is 9.47 Å². The molecule has 1 aromatic heterocycles. The lowest BCUT2D eigenvalue weighted by Crippen LogP contribution is -2.54. The van der Waals surface area contributed by atoms with Gasteiger partial charge in [-0.3, -0.25) is 14.4 Å². The van der Waals surface area contributed by atoms with Gasteiger partial charge in [-0.25, -0.2) is 0 Å². The highest BCUT2D eigenvalue weighted by molar-refractivity contribution is 7.10. The number of hydrogen-bond acceptors (Lipinski definition) is 6. The normalized spacial score (nSPS) is 22.0. The Hall–Kier alpha value is -2.91. The van der Waals surface area contributed by atoms with E-state index in [0.29, 0.717) is 36.4 Å². The SMILES string of the molecule is CCCNC(=O)C[C@@H]1CC[C@@H]2[C@H](COc3ccc(NC(=O)Cc4cccs4)cc3C(=O)N2C)O1. The molecule has 0 bridgehead atoms. The zero-order chi connectivity index (χ0) is 24.1. The van der Waals surface area contributed by atoms with Crippen molar-refractivity contribution in [2.45, 2.75) is 57.3 Å². The molecule has 182 valence electrons. The van der Waals surface area contributed by atoms with Gasteiger partial charge in [0.15, 0.2) is 0 Å². The molecule has 1 aromatic carbocycles. The van der Waals surface area contributed by atoms with E-state index < -0.39 is 0 Å². The topological polar surface area (TPSA) is 97.0 Å². The summed E-state index contributed by atoms with van der Waals surface area (Å²) in [5.41, 5.74) is 0.969. The molecule has 2 aromatic rings. The van der Waals surface area contributed by atoms with Gasteiger partial charge in [0, 0.05) is 24.2 Å². The molecule has 4 rings (SSSR count). The van der Waals surface area contributed by atoms with Crippen LogP contribution in [0.3, 0.4) is 0 Å². The van der Waals surface area contributed by atoms with E-state index >= 15 is 0 Å². The van der Waals surface area contributed by atoms with E-state index in [0.717, 1.165) is 17.7 Å². The second-order valence-corrected chi connectivity index (χ2v) is 9.77. The van der Waals surface area contributed by atoms with Crippen molar-refractivity contribution in [3.05, 3.63) is 46.2 Å². The molecule has 2 aliphatic rings. The van der Waals surface area contributed by atoms with Crippen molar-refractivity contribution in [1.29, 1.82) is 0 Å². The molecule has 1 fully saturated rings. The molecule has 8 nitrogen and oxygen atoms in total. The minimum Gasteiger partial charge on any atom is -0.490 e. The fraction of sp³-hybridized carbons (Fsp3) is 0.480. The number of nitrogens with zero attached hydrogens (tertiary/aromatic N) is 1. The minimum atomic E-state index is -0.315. The Bertz CT molecular complexity index is 1030. The van der Waals surface area contributed by atoms with Crippen LogP contribution in [0.25, 0.3) is 0 Å². The Labute approximate surface area is 203 Å². The third kappa shape index (κ3) is 5.77. The molecule has 34 heavy (non-hydrogen) atoms. The Morgan fingerprint density at radius 2 is 2.06 bits per heavy atom. The zero-order valence-electron chi connectivity index (χ0n) is 19.5. The minimum absolute atomic E-state index is 0.0134. The summed E-state index contributed by atoms with van der Waals surface area (Å²) in [5, 5.41) is 7.70. The Morgan fingerprint density at radius 1 is 1.21 bits per heavy atom. The van der Waals surface area contributed by atoms with Crippen LogP contribution in [0.5, 0.6) is 5.75 Å². The Balaban J connectivity index is 1.43. The summed E-state index contributed by atoms with van der Waals surface area (Å²) in [4.78, 5) is 40.5. The van der Waals surface area contributed by atoms with E-state index in [2.05, 4.69) is 10.6 Å². The number of fused-ring (bicyclic) bond motifs is 2. The van der Waals surface area contributed by atoms with E-state index in [-0.39, 0.29) is 49.0 Å². The highest BCUT2D eigenvalue weighted by atomic mass is 32.1. The number of nitrogens with one attached hydrogen (secondary N) is 2. The van der Waals surface area contributed by atoms with Crippen molar-refractivity contribution in [2.75, 3.05) is 25.5 Å². The van der Waals surface area contributed by atoms with Crippen LogP contribution in [0, 0.1) is 0 Å². The quantitative estimate of drug-likeness (QED) is 0.628. The van der Waals surface area contributed by atoms with E-state index in [1.165, 1.54) is 11.3 Å². The standard InChI is InChI=1S/C25H31N3O5S/c1-3-10-26-23(29)13-17-7-8-20-22(33-17)15-32-21-9-6-16(12-19(21)25(31)28(20)2)27-24(30)14-18-5-4-11-34-18/h4-6,9,11-12,17,20,22H,3,7-8,10,13-15H2,1-2H3,(H,26,29)(H,27,30)/t17-,20+,22-/m0/s1. The number of benzene rings is 1. The molecule has 3 amide bonds. The summed E-state index contributed by atoms with van der Waals surface area (Å²) in [5.74, 6) is 0.130. The third-order valence-electron chi connectivity index (χ3n) is 6.20. The van der Waals surface area contributed by atoms with Crippen LogP contribution in [0.4, 0.5) is 5.69 Å². The number of amides is 3. The second-order valence-electron chi connectivity index (χ2n) is 8.74. The first-order chi connectivity index (χ1) is 16.4. The van der Waals surface area contributed by atoms with Crippen molar-refractivity contribution in [2.24, 2.45) is 0 Å². The summed E-state index contributed by atoms with van der Waals surface area (Å²) in [6.45, 7) is 2.96. The van der Waals surface area contributed by atoms with Crippen LogP contribution in [0.2, 0.25) is 0 Å². The molecule has 1 saturated heterocycles. The van der Waals surface area contributed by atoms with E-state index in [9.17, 15) is 14.4 Å². The van der Waals surface area contributed by atoms with Gasteiger partial charge < -0.3 is 25.0 Å². The van der Waals surface area contributed by atoms with Crippen molar-refractivity contribution in [3.8, 4) is 5.75 Å². The molecule has 0 radical (unpaired) electrons. The maximum absolute atomic E-state index is 13.3. The summed E-state index contributed by atoms with van der Waals surface area (Å²) < 4.78 is 12.2. The molecule has 3 heterocycles. The predicted octanol–water partition coefficient (Wildman–Crippen LogP) is 3.23. The summed E-state index contributed by atoms with van der Waals surface area (Å²) >= 11 is 1.53. The molecule has 0 saturated carbocycles. The van der Waals surface area contributed by atoms with Crippen LogP contribution in [-0.4, -0.2) is 61.1 Å². The Morgan fingerprint density at radius 3 is 2.82 bits per heavy atom. The molecular weight excluding hydrogens is 454 g/mol. The molecule has 2 N–H and O–H groups in total. The first-order valence-corrected chi connectivity index (χ1v) is 12.6. The molecule has 0 aliphatic carbocycles. The van der Waals surface area contributed by atoms with Gasteiger partial charge in [-0.15, -0.1) is 11.3 Å². The number of thiophene rings is 1. The average Bonchev–Trinajstić information content (AvgIpc) is 3.33. The monoisotopic (exact) mass is 485 g/mol. The van der Waals surface area contributed by atoms with Gasteiger partial charge in [-0.2, -0.15) is 0 Å². The van der Waals surface area contributed by atoms with Crippen LogP contribution in [0.1, 0.15) is 47.8 Å². The predicted molar refractivity (Wildman–Crippen MR) is 130 cm³/mol. The van der Waals surface area contributed by atoms with Gasteiger partial charge in [0.25, 0.3) is 5.91 Å². The molecule has 9 heteroatoms. The highest BCUT2D eigenvalue weighted by Gasteiger charge is 2.39. The van der Waals surface area contributed by atoms with Gasteiger partial charge in [0.1, 0.15) is 18.5 Å². The van der Waals surface area contributed by atoms with Gasteiger partial charge in [0.05, 0.1) is 30.6 Å². The molecule has 3 atom stereocenters. The average molecular weight is 486 g/mol. The summed E-state index contributed by atoms with van der Waals surface area (Å²) in [6, 6.07) is 8.80. The number of ether oxygens (including phenoxy) is 2. The van der Waals surface area contributed by atoms with Crippen molar-refractivity contribution in [3.63, 3.8) is 0 Å². The lowest BCUT2D eigenvalue weighted by molar-refractivity contribution is -0.134. The smallest absolute Gasteiger partial charge is 0.257 e. The molecule has 0 spiro atoms.